The van der Waals surface area contributed by atoms with Crippen LogP contribution >= 0.6 is 0 Å². The Balaban J connectivity index is 0.000000461. The molecule has 0 fully saturated rings. The van der Waals surface area contributed by atoms with E-state index in [1.54, 1.807) is 0 Å². The number of unbranched alkanes of at least 4 members (excludes halogenated alkanes) is 1. The van der Waals surface area contributed by atoms with Crippen molar-refractivity contribution in [2.75, 3.05) is 0 Å². The summed E-state index contributed by atoms with van der Waals surface area (Å²) in [6, 6.07) is 4.18. The monoisotopic (exact) mass is 153 g/mol. The maximum Gasteiger partial charge on any atom is 0.0147 e. The van der Waals surface area contributed by atoms with Crippen LogP contribution in [0, 0.1) is 0 Å². The van der Waals surface area contributed by atoms with Gasteiger partial charge in [0.05, 0.1) is 0 Å². The standard InChI is InChI=1S/C8H13N.C2H6/c1-2-3-5-8-6-4-7-9-8;1-2/h4,6-7,9H,2-3,5H2,1H3;1-2H3. The van der Waals surface area contributed by atoms with Crippen molar-refractivity contribution >= 4 is 0 Å². The first kappa shape index (κ1) is 10.3. The van der Waals surface area contributed by atoms with Crippen LogP contribution in [0.2, 0.25) is 0 Å². The molecule has 1 heterocycles. The van der Waals surface area contributed by atoms with Gasteiger partial charge in [0.2, 0.25) is 0 Å². The first-order valence-corrected chi connectivity index (χ1v) is 4.55. The van der Waals surface area contributed by atoms with Crippen LogP contribution in [-0.4, -0.2) is 4.98 Å². The molecule has 1 rings (SSSR count). The molecule has 0 spiro atoms. The normalized spacial score (nSPS) is 8.64. The number of nitrogens with one attached hydrogen (secondary N) is 1. The van der Waals surface area contributed by atoms with Gasteiger partial charge in [-0.3, -0.25) is 0 Å². The quantitative estimate of drug-likeness (QED) is 0.685. The second kappa shape index (κ2) is 7.39. The molecule has 64 valence electrons. The molecular formula is C10H19N. The van der Waals surface area contributed by atoms with Crippen molar-refractivity contribution in [1.82, 2.24) is 4.98 Å². The largest absolute Gasteiger partial charge is 0.365 e. The minimum atomic E-state index is 1.20. The second-order valence-electron chi connectivity index (χ2n) is 2.30. The molecule has 1 aromatic heterocycles. The van der Waals surface area contributed by atoms with Crippen LogP contribution in [-0.2, 0) is 6.42 Å². The maximum atomic E-state index is 3.17. The van der Waals surface area contributed by atoms with Gasteiger partial charge in [-0.2, -0.15) is 0 Å². The molecule has 0 aliphatic carbocycles. The highest BCUT2D eigenvalue weighted by Gasteiger charge is 1.88. The molecule has 0 atom stereocenters. The minimum Gasteiger partial charge on any atom is -0.365 e. The maximum absolute atomic E-state index is 3.17. The number of aromatic amines is 1. The van der Waals surface area contributed by atoms with E-state index in [1.807, 2.05) is 26.1 Å². The zero-order valence-electron chi connectivity index (χ0n) is 7.85. The van der Waals surface area contributed by atoms with Crippen LogP contribution in [0.4, 0.5) is 0 Å². The van der Waals surface area contributed by atoms with Gasteiger partial charge in [-0.25, -0.2) is 0 Å². The van der Waals surface area contributed by atoms with E-state index < -0.39 is 0 Å². The Morgan fingerprint density at radius 2 is 2.09 bits per heavy atom. The molecule has 0 unspecified atom stereocenters. The molecule has 1 nitrogen and oxygen atoms in total. The Kier molecular flexibility index (Phi) is 6.90. The van der Waals surface area contributed by atoms with Crippen LogP contribution in [0.1, 0.15) is 39.3 Å². The molecule has 1 N–H and O–H groups in total. The predicted molar refractivity (Wildman–Crippen MR) is 50.8 cm³/mol. The summed E-state index contributed by atoms with van der Waals surface area (Å²) < 4.78 is 0. The highest BCUT2D eigenvalue weighted by Crippen LogP contribution is 2.00. The van der Waals surface area contributed by atoms with E-state index in [-0.39, 0.29) is 0 Å². The lowest BCUT2D eigenvalue weighted by Gasteiger charge is -1.91. The van der Waals surface area contributed by atoms with E-state index in [1.165, 1.54) is 25.0 Å². The molecule has 0 aliphatic heterocycles. The molecule has 0 saturated heterocycles. The van der Waals surface area contributed by atoms with Crippen molar-refractivity contribution in [3.05, 3.63) is 24.0 Å². The fourth-order valence-electron chi connectivity index (χ4n) is 0.890. The van der Waals surface area contributed by atoms with Gasteiger partial charge in [-0.05, 0) is 25.0 Å². The topological polar surface area (TPSA) is 15.8 Å². The van der Waals surface area contributed by atoms with Crippen molar-refractivity contribution in [3.8, 4) is 0 Å². The first-order chi connectivity index (χ1) is 5.43. The van der Waals surface area contributed by atoms with E-state index >= 15 is 0 Å². The Hall–Kier alpha value is -0.720. The summed E-state index contributed by atoms with van der Waals surface area (Å²) in [5, 5.41) is 0. The molecule has 0 saturated carbocycles. The van der Waals surface area contributed by atoms with Crippen LogP contribution in [0.3, 0.4) is 0 Å². The SMILES string of the molecule is CC.CCCCc1ccc[nH]1. The van der Waals surface area contributed by atoms with Gasteiger partial charge >= 0.3 is 0 Å². The highest BCUT2D eigenvalue weighted by molar-refractivity contribution is 5.03. The third-order valence-corrected chi connectivity index (χ3v) is 1.46. The van der Waals surface area contributed by atoms with Crippen molar-refractivity contribution in [2.24, 2.45) is 0 Å². The van der Waals surface area contributed by atoms with Gasteiger partial charge in [-0.15, -0.1) is 0 Å². The third-order valence-electron chi connectivity index (χ3n) is 1.46. The van der Waals surface area contributed by atoms with E-state index in [9.17, 15) is 0 Å². The number of rotatable bonds is 3. The summed E-state index contributed by atoms with van der Waals surface area (Å²) in [6.07, 6.45) is 5.74. The smallest absolute Gasteiger partial charge is 0.0147 e. The average molecular weight is 153 g/mol. The number of aryl methyl sites for hydroxylation is 1. The molecular weight excluding hydrogens is 134 g/mol. The summed E-state index contributed by atoms with van der Waals surface area (Å²) in [5.74, 6) is 0. The van der Waals surface area contributed by atoms with E-state index in [0.717, 1.165) is 0 Å². The van der Waals surface area contributed by atoms with Gasteiger partial charge in [0.15, 0.2) is 0 Å². The lowest BCUT2D eigenvalue weighted by atomic mass is 10.2. The Bertz CT molecular complexity index is 142. The molecule has 0 amide bonds. The second-order valence-corrected chi connectivity index (χ2v) is 2.30. The fourth-order valence-corrected chi connectivity index (χ4v) is 0.890. The third kappa shape index (κ3) is 4.65. The fraction of sp³-hybridized carbons (Fsp3) is 0.600. The van der Waals surface area contributed by atoms with E-state index in [0.29, 0.717) is 0 Å². The Morgan fingerprint density at radius 3 is 2.55 bits per heavy atom. The Labute approximate surface area is 69.8 Å². The lowest BCUT2D eigenvalue weighted by Crippen LogP contribution is -1.81. The zero-order chi connectivity index (χ0) is 8.53. The van der Waals surface area contributed by atoms with Crippen molar-refractivity contribution in [1.29, 1.82) is 0 Å². The average Bonchev–Trinajstić information content (AvgIpc) is 2.57. The summed E-state index contributed by atoms with van der Waals surface area (Å²) in [6.45, 7) is 6.21. The van der Waals surface area contributed by atoms with E-state index in [4.69, 9.17) is 0 Å². The molecule has 1 heteroatoms. The van der Waals surface area contributed by atoms with Crippen molar-refractivity contribution in [2.45, 2.75) is 40.0 Å². The van der Waals surface area contributed by atoms with Crippen molar-refractivity contribution < 1.29 is 0 Å². The molecule has 1 aromatic rings. The van der Waals surface area contributed by atoms with Gasteiger partial charge in [-0.1, -0.05) is 27.2 Å². The molecule has 0 aromatic carbocycles. The van der Waals surface area contributed by atoms with Crippen LogP contribution in [0.25, 0.3) is 0 Å². The van der Waals surface area contributed by atoms with Crippen LogP contribution in [0.5, 0.6) is 0 Å². The van der Waals surface area contributed by atoms with Crippen LogP contribution < -0.4 is 0 Å². The summed E-state index contributed by atoms with van der Waals surface area (Å²) >= 11 is 0. The number of aromatic nitrogens is 1. The predicted octanol–water partition coefficient (Wildman–Crippen LogP) is 3.38. The van der Waals surface area contributed by atoms with Crippen molar-refractivity contribution in [3.63, 3.8) is 0 Å². The van der Waals surface area contributed by atoms with Gasteiger partial charge < -0.3 is 4.98 Å². The summed E-state index contributed by atoms with van der Waals surface area (Å²) in [7, 11) is 0. The Morgan fingerprint density at radius 1 is 1.36 bits per heavy atom. The van der Waals surface area contributed by atoms with Gasteiger partial charge in [0, 0.05) is 11.9 Å². The molecule has 0 bridgehead atoms. The first-order valence-electron chi connectivity index (χ1n) is 4.55. The highest BCUT2D eigenvalue weighted by atomic mass is 14.7. The number of hydrogen-bond donors (Lipinski definition) is 1. The van der Waals surface area contributed by atoms with Crippen LogP contribution in [0.15, 0.2) is 18.3 Å². The lowest BCUT2D eigenvalue weighted by molar-refractivity contribution is 0.781. The summed E-state index contributed by atoms with van der Waals surface area (Å²) in [5.41, 5.74) is 1.36. The molecule has 0 radical (unpaired) electrons. The number of hydrogen-bond acceptors (Lipinski definition) is 0. The van der Waals surface area contributed by atoms with E-state index in [2.05, 4.69) is 18.0 Å². The minimum absolute atomic E-state index is 1.20. The van der Waals surface area contributed by atoms with Gasteiger partial charge in [0.1, 0.15) is 0 Å². The van der Waals surface area contributed by atoms with Gasteiger partial charge in [0.25, 0.3) is 0 Å². The number of H-pyrrole nitrogens is 1. The summed E-state index contributed by atoms with van der Waals surface area (Å²) in [4.78, 5) is 3.17. The zero-order valence-corrected chi connectivity index (χ0v) is 7.85. The molecule has 11 heavy (non-hydrogen) atoms. The molecule has 0 aliphatic rings.